The fourth-order valence-electron chi connectivity index (χ4n) is 2.15. The molecule has 0 aliphatic carbocycles. The Bertz CT molecular complexity index is 906. The fraction of sp³-hybridized carbons (Fsp3) is 0. The van der Waals surface area contributed by atoms with Gasteiger partial charge in [0, 0.05) is 6.08 Å². The Morgan fingerprint density at radius 2 is 2.05 bits per heavy atom. The van der Waals surface area contributed by atoms with E-state index in [1.54, 1.807) is 23.5 Å². The number of amides is 1. The molecule has 0 atom stereocenters. The zero-order chi connectivity index (χ0) is 15.1. The highest BCUT2D eigenvalue weighted by molar-refractivity contribution is 7.80. The average molecular weight is 327 g/mol. The van der Waals surface area contributed by atoms with Crippen LogP contribution in [0.15, 0.2) is 46.5 Å². The molecule has 7 heteroatoms. The van der Waals surface area contributed by atoms with Gasteiger partial charge in [-0.05, 0) is 36.5 Å². The molecule has 2 aromatic heterocycles. The Morgan fingerprint density at radius 3 is 2.82 bits per heavy atom. The van der Waals surface area contributed by atoms with Crippen molar-refractivity contribution in [3.05, 3.63) is 47.9 Å². The number of thiazole rings is 1. The normalized spacial score (nSPS) is 16.3. The predicted octanol–water partition coefficient (Wildman–Crippen LogP) is 2.90. The second kappa shape index (κ2) is 5.04. The maximum Gasteiger partial charge on any atom is 0.274 e. The number of nitrogens with zero attached hydrogens (tertiary/aromatic N) is 1. The van der Waals surface area contributed by atoms with Gasteiger partial charge in [-0.25, -0.2) is 4.98 Å². The van der Waals surface area contributed by atoms with Gasteiger partial charge in [0.05, 0.1) is 10.2 Å². The number of nitrogens with one attached hydrogen (secondary N) is 2. The first kappa shape index (κ1) is 13.2. The van der Waals surface area contributed by atoms with Crippen molar-refractivity contribution in [2.75, 3.05) is 0 Å². The molecule has 4 rings (SSSR count). The third kappa shape index (κ3) is 2.30. The van der Waals surface area contributed by atoms with Gasteiger partial charge in [-0.2, -0.15) is 0 Å². The second-order valence-electron chi connectivity index (χ2n) is 4.66. The number of aromatic nitrogens is 1. The van der Waals surface area contributed by atoms with Crippen LogP contribution in [-0.2, 0) is 4.79 Å². The van der Waals surface area contributed by atoms with Crippen LogP contribution in [0.5, 0.6) is 0 Å². The Hall–Kier alpha value is -2.51. The lowest BCUT2D eigenvalue weighted by Gasteiger charge is -1.92. The molecule has 0 saturated carbocycles. The standard InChI is InChI=1S/C15H9N3O2S2/c19-13-10(17-15(21)18-13)7-8-5-6-11(20-8)14-16-9-3-1-2-4-12(9)22-14/h1-7H,(H2,17,18,19,21). The number of fused-ring (bicyclic) bond motifs is 1. The summed E-state index contributed by atoms with van der Waals surface area (Å²) in [7, 11) is 0. The topological polar surface area (TPSA) is 67.2 Å². The highest BCUT2D eigenvalue weighted by Crippen LogP contribution is 2.31. The van der Waals surface area contributed by atoms with E-state index in [4.69, 9.17) is 16.6 Å². The summed E-state index contributed by atoms with van der Waals surface area (Å²) in [6, 6.07) is 11.6. The lowest BCUT2D eigenvalue weighted by Crippen LogP contribution is -2.21. The number of carbonyl (C=O) groups is 1. The van der Waals surface area contributed by atoms with Crippen molar-refractivity contribution in [3.63, 3.8) is 0 Å². The van der Waals surface area contributed by atoms with Crippen LogP contribution in [0.2, 0.25) is 0 Å². The van der Waals surface area contributed by atoms with Crippen molar-refractivity contribution in [2.45, 2.75) is 0 Å². The molecule has 5 nitrogen and oxygen atoms in total. The molecule has 1 fully saturated rings. The molecular formula is C15H9N3O2S2. The van der Waals surface area contributed by atoms with E-state index < -0.39 is 0 Å². The van der Waals surface area contributed by atoms with Crippen molar-refractivity contribution in [3.8, 4) is 10.8 Å². The number of furan rings is 1. The van der Waals surface area contributed by atoms with E-state index >= 15 is 0 Å². The lowest BCUT2D eigenvalue weighted by molar-refractivity contribution is -0.115. The first-order chi connectivity index (χ1) is 10.7. The van der Waals surface area contributed by atoms with Gasteiger partial charge < -0.3 is 9.73 Å². The molecule has 108 valence electrons. The molecule has 1 aromatic carbocycles. The van der Waals surface area contributed by atoms with Crippen LogP contribution < -0.4 is 10.6 Å². The summed E-state index contributed by atoms with van der Waals surface area (Å²) >= 11 is 6.45. The molecular weight excluding hydrogens is 318 g/mol. The van der Waals surface area contributed by atoms with E-state index in [-0.39, 0.29) is 5.91 Å². The van der Waals surface area contributed by atoms with Crippen molar-refractivity contribution in [1.82, 2.24) is 15.6 Å². The Balaban J connectivity index is 1.68. The number of rotatable bonds is 2. The van der Waals surface area contributed by atoms with Crippen LogP contribution in [0.25, 0.3) is 27.1 Å². The summed E-state index contributed by atoms with van der Waals surface area (Å²) in [5, 5.41) is 6.40. The lowest BCUT2D eigenvalue weighted by atomic mass is 10.3. The van der Waals surface area contributed by atoms with Gasteiger partial charge in [0.1, 0.15) is 11.5 Å². The van der Waals surface area contributed by atoms with E-state index in [0.29, 0.717) is 22.3 Å². The smallest absolute Gasteiger partial charge is 0.274 e. The largest absolute Gasteiger partial charge is 0.454 e. The monoisotopic (exact) mass is 327 g/mol. The molecule has 1 amide bonds. The van der Waals surface area contributed by atoms with Crippen LogP contribution in [0.3, 0.4) is 0 Å². The summed E-state index contributed by atoms with van der Waals surface area (Å²) in [5.74, 6) is 0.980. The third-order valence-corrected chi connectivity index (χ3v) is 4.39. The molecule has 0 bridgehead atoms. The molecule has 1 aliphatic rings. The number of hydrogen-bond acceptors (Lipinski definition) is 5. The zero-order valence-electron chi connectivity index (χ0n) is 11.1. The summed E-state index contributed by atoms with van der Waals surface area (Å²) in [6.45, 7) is 0. The maximum atomic E-state index is 11.6. The van der Waals surface area contributed by atoms with Gasteiger partial charge in [0.2, 0.25) is 0 Å². The first-order valence-electron chi connectivity index (χ1n) is 6.49. The Morgan fingerprint density at radius 1 is 1.18 bits per heavy atom. The van der Waals surface area contributed by atoms with Crippen molar-refractivity contribution < 1.29 is 9.21 Å². The molecule has 1 aliphatic heterocycles. The summed E-state index contributed by atoms with van der Waals surface area (Å²) in [6.07, 6.45) is 1.62. The van der Waals surface area contributed by atoms with Gasteiger partial charge in [0.15, 0.2) is 15.9 Å². The first-order valence-corrected chi connectivity index (χ1v) is 7.71. The average Bonchev–Trinajstić information content (AvgIpc) is 3.18. The van der Waals surface area contributed by atoms with E-state index in [2.05, 4.69) is 15.6 Å². The zero-order valence-corrected chi connectivity index (χ0v) is 12.8. The molecule has 0 spiro atoms. The van der Waals surface area contributed by atoms with Crippen LogP contribution in [0.1, 0.15) is 5.76 Å². The molecule has 3 heterocycles. The summed E-state index contributed by atoms with van der Waals surface area (Å²) < 4.78 is 6.86. The molecule has 0 radical (unpaired) electrons. The maximum absolute atomic E-state index is 11.6. The van der Waals surface area contributed by atoms with Crippen molar-refractivity contribution >= 4 is 50.9 Å². The Labute approximate surface area is 134 Å². The summed E-state index contributed by atoms with van der Waals surface area (Å²) in [4.78, 5) is 16.1. The van der Waals surface area contributed by atoms with Gasteiger partial charge >= 0.3 is 0 Å². The number of carbonyl (C=O) groups excluding carboxylic acids is 1. The number of thiocarbonyl (C=S) groups is 1. The highest BCUT2D eigenvalue weighted by Gasteiger charge is 2.20. The van der Waals surface area contributed by atoms with Gasteiger partial charge in [-0.1, -0.05) is 12.1 Å². The van der Waals surface area contributed by atoms with Crippen molar-refractivity contribution in [2.24, 2.45) is 0 Å². The van der Waals surface area contributed by atoms with Gasteiger partial charge in [-0.15, -0.1) is 11.3 Å². The van der Waals surface area contributed by atoms with Crippen LogP contribution in [0, 0.1) is 0 Å². The Kier molecular flexibility index (Phi) is 3.02. The fourth-order valence-corrected chi connectivity index (χ4v) is 3.28. The van der Waals surface area contributed by atoms with Gasteiger partial charge in [-0.3, -0.25) is 10.1 Å². The van der Waals surface area contributed by atoms with Crippen LogP contribution in [-0.4, -0.2) is 16.0 Å². The molecule has 0 unspecified atom stereocenters. The van der Waals surface area contributed by atoms with E-state index in [9.17, 15) is 4.79 Å². The van der Waals surface area contributed by atoms with E-state index in [1.165, 1.54) is 0 Å². The summed E-state index contributed by atoms with van der Waals surface area (Å²) in [5.41, 5.74) is 1.32. The molecule has 1 saturated heterocycles. The SMILES string of the molecule is O=C1NC(=S)NC1=Cc1ccc(-c2nc3ccccc3s2)o1. The van der Waals surface area contributed by atoms with Gasteiger partial charge in [0.25, 0.3) is 5.91 Å². The quantitative estimate of drug-likeness (QED) is 0.559. The highest BCUT2D eigenvalue weighted by atomic mass is 32.1. The van der Waals surface area contributed by atoms with E-state index in [1.807, 2.05) is 30.3 Å². The number of hydrogen-bond donors (Lipinski definition) is 2. The molecule has 22 heavy (non-hydrogen) atoms. The third-order valence-electron chi connectivity index (χ3n) is 3.14. The predicted molar refractivity (Wildman–Crippen MR) is 89.2 cm³/mol. The minimum absolute atomic E-state index is 0.261. The van der Waals surface area contributed by atoms with Crippen LogP contribution in [0.4, 0.5) is 0 Å². The minimum atomic E-state index is -0.261. The van der Waals surface area contributed by atoms with E-state index in [0.717, 1.165) is 15.2 Å². The van der Waals surface area contributed by atoms with Crippen molar-refractivity contribution in [1.29, 1.82) is 0 Å². The molecule has 2 N–H and O–H groups in total. The number of para-hydroxylation sites is 1. The minimum Gasteiger partial charge on any atom is -0.454 e. The second-order valence-corrected chi connectivity index (χ2v) is 6.09. The number of benzene rings is 1. The molecule has 3 aromatic rings. The van der Waals surface area contributed by atoms with Crippen LogP contribution >= 0.6 is 23.6 Å².